The third-order valence-corrected chi connectivity index (χ3v) is 4.48. The summed E-state index contributed by atoms with van der Waals surface area (Å²) in [7, 11) is 0. The molecule has 3 heteroatoms. The van der Waals surface area contributed by atoms with Crippen LogP contribution in [0.3, 0.4) is 0 Å². The van der Waals surface area contributed by atoms with Crippen LogP contribution in [-0.4, -0.2) is 43.2 Å². The maximum Gasteiger partial charge on any atom is 0.0221 e. The molecule has 1 heterocycles. The molecule has 1 aliphatic heterocycles. The van der Waals surface area contributed by atoms with Crippen molar-refractivity contribution in [3.8, 4) is 0 Å². The number of nitrogens with one attached hydrogen (secondary N) is 1. The molecule has 1 aliphatic carbocycles. The van der Waals surface area contributed by atoms with Gasteiger partial charge in [0.2, 0.25) is 0 Å². The second kappa shape index (κ2) is 5.99. The molecule has 2 aliphatic rings. The van der Waals surface area contributed by atoms with Crippen LogP contribution in [-0.2, 0) is 0 Å². The zero-order valence-electron chi connectivity index (χ0n) is 10.6. The van der Waals surface area contributed by atoms with Gasteiger partial charge in [0.1, 0.15) is 0 Å². The molecule has 0 spiro atoms. The van der Waals surface area contributed by atoms with Crippen molar-refractivity contribution in [2.45, 2.75) is 51.1 Å². The molecule has 0 aromatic carbocycles. The molecule has 0 aromatic heterocycles. The third kappa shape index (κ3) is 2.76. The average molecular weight is 225 g/mol. The Balaban J connectivity index is 1.74. The lowest BCUT2D eigenvalue weighted by atomic mass is 10.0. The van der Waals surface area contributed by atoms with E-state index < -0.39 is 0 Å². The van der Waals surface area contributed by atoms with Crippen molar-refractivity contribution in [1.29, 1.82) is 0 Å². The molecule has 1 saturated heterocycles. The first-order valence-corrected chi connectivity index (χ1v) is 7.02. The van der Waals surface area contributed by atoms with E-state index in [4.69, 9.17) is 5.73 Å². The summed E-state index contributed by atoms with van der Waals surface area (Å²) in [6.45, 7) is 6.82. The fraction of sp³-hybridized carbons (Fsp3) is 1.00. The van der Waals surface area contributed by atoms with Gasteiger partial charge >= 0.3 is 0 Å². The highest BCUT2D eigenvalue weighted by Crippen LogP contribution is 2.25. The van der Waals surface area contributed by atoms with Crippen molar-refractivity contribution in [1.82, 2.24) is 10.2 Å². The highest BCUT2D eigenvalue weighted by Gasteiger charge is 2.28. The minimum Gasteiger partial charge on any atom is -0.330 e. The van der Waals surface area contributed by atoms with Gasteiger partial charge in [-0.1, -0.05) is 13.3 Å². The summed E-state index contributed by atoms with van der Waals surface area (Å²) in [4.78, 5) is 2.61. The van der Waals surface area contributed by atoms with Crippen LogP contribution in [0.1, 0.15) is 39.0 Å². The minimum absolute atomic E-state index is 0.698. The molecule has 3 atom stereocenters. The summed E-state index contributed by atoms with van der Waals surface area (Å²) in [5, 5.41) is 3.77. The van der Waals surface area contributed by atoms with Crippen LogP contribution in [0.25, 0.3) is 0 Å². The van der Waals surface area contributed by atoms with Crippen LogP contribution < -0.4 is 11.1 Å². The largest absolute Gasteiger partial charge is 0.330 e. The Bertz CT molecular complexity index is 185. The lowest BCUT2D eigenvalue weighted by Crippen LogP contribution is -2.44. The van der Waals surface area contributed by atoms with E-state index in [1.165, 1.54) is 51.7 Å². The number of nitrogens with two attached hydrogens (primary N) is 1. The maximum atomic E-state index is 5.81. The zero-order chi connectivity index (χ0) is 11.4. The first-order valence-electron chi connectivity index (χ1n) is 7.02. The van der Waals surface area contributed by atoms with Gasteiger partial charge in [0.05, 0.1) is 0 Å². The molecule has 16 heavy (non-hydrogen) atoms. The predicted octanol–water partition coefficient (Wildman–Crippen LogP) is 1.19. The van der Waals surface area contributed by atoms with Gasteiger partial charge < -0.3 is 11.1 Å². The highest BCUT2D eigenvalue weighted by molar-refractivity contribution is 4.87. The fourth-order valence-corrected chi connectivity index (χ4v) is 3.42. The highest BCUT2D eigenvalue weighted by atomic mass is 15.2. The minimum atomic E-state index is 0.698. The van der Waals surface area contributed by atoms with E-state index in [0.717, 1.165) is 18.5 Å². The van der Waals surface area contributed by atoms with Gasteiger partial charge in [0.15, 0.2) is 0 Å². The van der Waals surface area contributed by atoms with E-state index in [1.54, 1.807) is 0 Å². The Kier molecular flexibility index (Phi) is 4.62. The van der Waals surface area contributed by atoms with E-state index in [2.05, 4.69) is 17.1 Å². The second-order valence-electron chi connectivity index (χ2n) is 5.37. The number of hydrogen-bond donors (Lipinski definition) is 2. The number of hydrogen-bond acceptors (Lipinski definition) is 3. The molecule has 3 unspecified atom stereocenters. The Hall–Kier alpha value is -0.120. The van der Waals surface area contributed by atoms with Gasteiger partial charge in [0, 0.05) is 18.6 Å². The molecule has 0 amide bonds. The molecule has 3 N–H and O–H groups in total. The molecule has 3 nitrogen and oxygen atoms in total. The van der Waals surface area contributed by atoms with Crippen LogP contribution in [0.15, 0.2) is 0 Å². The lowest BCUT2D eigenvalue weighted by molar-refractivity contribution is 0.247. The van der Waals surface area contributed by atoms with Crippen molar-refractivity contribution in [3.63, 3.8) is 0 Å². The van der Waals surface area contributed by atoms with Gasteiger partial charge in [-0.2, -0.15) is 0 Å². The second-order valence-corrected chi connectivity index (χ2v) is 5.37. The number of nitrogens with zero attached hydrogens (tertiary/aromatic N) is 1. The molecule has 0 aromatic rings. The number of rotatable bonds is 5. The van der Waals surface area contributed by atoms with Crippen LogP contribution in [0.4, 0.5) is 0 Å². The van der Waals surface area contributed by atoms with Crippen LogP contribution >= 0.6 is 0 Å². The predicted molar refractivity (Wildman–Crippen MR) is 68.5 cm³/mol. The third-order valence-electron chi connectivity index (χ3n) is 4.48. The molecule has 2 fully saturated rings. The SMILES string of the molecule is CCN1CCCC1CNC1CCCC1CN. The van der Waals surface area contributed by atoms with Gasteiger partial charge in [-0.3, -0.25) is 4.90 Å². The first-order chi connectivity index (χ1) is 7.85. The van der Waals surface area contributed by atoms with E-state index in [9.17, 15) is 0 Å². The Morgan fingerprint density at radius 1 is 1.25 bits per heavy atom. The molecular formula is C13H27N3. The fourth-order valence-electron chi connectivity index (χ4n) is 3.42. The van der Waals surface area contributed by atoms with Crippen LogP contribution in [0.5, 0.6) is 0 Å². The van der Waals surface area contributed by atoms with Crippen molar-refractivity contribution >= 4 is 0 Å². The Morgan fingerprint density at radius 2 is 2.12 bits per heavy atom. The maximum absolute atomic E-state index is 5.81. The van der Waals surface area contributed by atoms with Gasteiger partial charge in [0.25, 0.3) is 0 Å². The quantitative estimate of drug-likeness (QED) is 0.738. The average Bonchev–Trinajstić information content (AvgIpc) is 2.94. The molecule has 0 bridgehead atoms. The Labute approximate surface area is 99.8 Å². The summed E-state index contributed by atoms with van der Waals surface area (Å²) >= 11 is 0. The standard InChI is InChI=1S/C13H27N3/c1-2-16-8-4-6-12(16)10-15-13-7-3-5-11(13)9-14/h11-13,15H,2-10,14H2,1H3. The summed E-state index contributed by atoms with van der Waals surface area (Å²) in [6, 6.07) is 1.48. The molecule has 1 saturated carbocycles. The van der Waals surface area contributed by atoms with Crippen molar-refractivity contribution in [2.75, 3.05) is 26.2 Å². The summed E-state index contributed by atoms with van der Waals surface area (Å²) in [6.07, 6.45) is 6.78. The van der Waals surface area contributed by atoms with E-state index in [0.29, 0.717) is 6.04 Å². The first kappa shape index (κ1) is 12.3. The summed E-state index contributed by atoms with van der Waals surface area (Å²) < 4.78 is 0. The molecule has 94 valence electrons. The molecule has 0 radical (unpaired) electrons. The molecule has 2 rings (SSSR count). The smallest absolute Gasteiger partial charge is 0.0221 e. The van der Waals surface area contributed by atoms with Crippen LogP contribution in [0.2, 0.25) is 0 Å². The monoisotopic (exact) mass is 225 g/mol. The van der Waals surface area contributed by atoms with E-state index in [-0.39, 0.29) is 0 Å². The van der Waals surface area contributed by atoms with Gasteiger partial charge in [-0.05, 0) is 51.2 Å². The number of likely N-dealkylation sites (N-methyl/N-ethyl adjacent to an activating group) is 1. The molecular weight excluding hydrogens is 198 g/mol. The van der Waals surface area contributed by atoms with Gasteiger partial charge in [-0.15, -0.1) is 0 Å². The topological polar surface area (TPSA) is 41.3 Å². The zero-order valence-corrected chi connectivity index (χ0v) is 10.6. The lowest BCUT2D eigenvalue weighted by Gasteiger charge is -2.26. The van der Waals surface area contributed by atoms with E-state index >= 15 is 0 Å². The van der Waals surface area contributed by atoms with Crippen LogP contribution in [0, 0.1) is 5.92 Å². The summed E-state index contributed by atoms with van der Waals surface area (Å²) in [5.74, 6) is 0.733. The van der Waals surface area contributed by atoms with Crippen molar-refractivity contribution < 1.29 is 0 Å². The van der Waals surface area contributed by atoms with E-state index in [1.807, 2.05) is 0 Å². The summed E-state index contributed by atoms with van der Waals surface area (Å²) in [5.41, 5.74) is 5.81. The van der Waals surface area contributed by atoms with Crippen molar-refractivity contribution in [2.24, 2.45) is 11.7 Å². The normalized spacial score (nSPS) is 36.0. The Morgan fingerprint density at radius 3 is 2.88 bits per heavy atom. The van der Waals surface area contributed by atoms with Gasteiger partial charge in [-0.25, -0.2) is 0 Å². The van der Waals surface area contributed by atoms with Crippen molar-refractivity contribution in [3.05, 3.63) is 0 Å². The number of likely N-dealkylation sites (tertiary alicyclic amines) is 1.